The van der Waals surface area contributed by atoms with Crippen molar-refractivity contribution >= 4 is 5.97 Å². The van der Waals surface area contributed by atoms with Gasteiger partial charge in [-0.25, -0.2) is 9.59 Å². The van der Waals surface area contributed by atoms with Crippen LogP contribution >= 0.6 is 0 Å². The number of nitrogens with one attached hydrogen (secondary N) is 1. The third-order valence-electron chi connectivity index (χ3n) is 5.54. The fourth-order valence-corrected chi connectivity index (χ4v) is 3.50. The second kappa shape index (κ2) is 7.42. The highest BCUT2D eigenvalue weighted by Gasteiger charge is 2.66. The molecule has 0 bridgehead atoms. The largest absolute Gasteiger partial charge is 0.454 e. The molecule has 1 saturated carbocycles. The highest BCUT2D eigenvalue weighted by atomic mass is 19.4. The molecule has 1 heterocycles. The summed E-state index contributed by atoms with van der Waals surface area (Å²) in [6.45, 7) is 3.03. The fraction of sp³-hybridized carbons (Fsp3) is 0.450. The van der Waals surface area contributed by atoms with Crippen molar-refractivity contribution in [2.24, 2.45) is 0 Å². The second-order valence-corrected chi connectivity index (χ2v) is 7.36. The number of halogens is 3. The van der Waals surface area contributed by atoms with E-state index in [1.165, 1.54) is 31.3 Å². The van der Waals surface area contributed by atoms with Crippen LogP contribution in [0.2, 0.25) is 0 Å². The molecule has 1 aliphatic carbocycles. The van der Waals surface area contributed by atoms with E-state index in [0.29, 0.717) is 0 Å². The molecule has 0 saturated heterocycles. The van der Waals surface area contributed by atoms with Crippen LogP contribution in [0.5, 0.6) is 0 Å². The summed E-state index contributed by atoms with van der Waals surface area (Å²) in [5.41, 5.74) is -6.10. The van der Waals surface area contributed by atoms with Gasteiger partial charge in [-0.05, 0) is 26.7 Å². The van der Waals surface area contributed by atoms with Crippen molar-refractivity contribution in [1.82, 2.24) is 9.55 Å². The smallest absolute Gasteiger partial charge is 0.432 e. The van der Waals surface area contributed by atoms with Gasteiger partial charge in [0.15, 0.2) is 0 Å². The van der Waals surface area contributed by atoms with Gasteiger partial charge in [0.1, 0.15) is 5.60 Å². The summed E-state index contributed by atoms with van der Waals surface area (Å²) in [7, 11) is 0.792. The molecule has 7 nitrogen and oxygen atoms in total. The Morgan fingerprint density at radius 2 is 1.80 bits per heavy atom. The van der Waals surface area contributed by atoms with E-state index in [1.807, 2.05) is 0 Å². The van der Waals surface area contributed by atoms with Crippen LogP contribution in [0.15, 0.2) is 46.1 Å². The van der Waals surface area contributed by atoms with E-state index in [0.717, 1.165) is 23.8 Å². The number of aryl methyl sites for hydroxylation is 1. The van der Waals surface area contributed by atoms with Crippen molar-refractivity contribution in [3.63, 3.8) is 0 Å². The van der Waals surface area contributed by atoms with Gasteiger partial charge in [0.05, 0.1) is 6.04 Å². The summed E-state index contributed by atoms with van der Waals surface area (Å²) in [6.07, 6.45) is -3.27. The molecule has 3 rings (SSSR count). The van der Waals surface area contributed by atoms with E-state index in [1.54, 1.807) is 6.92 Å². The van der Waals surface area contributed by atoms with Crippen LogP contribution in [0.25, 0.3) is 0 Å². The molecule has 2 aromatic rings. The van der Waals surface area contributed by atoms with E-state index >= 15 is 0 Å². The normalized spacial score (nSPS) is 18.3. The third-order valence-corrected chi connectivity index (χ3v) is 5.54. The van der Waals surface area contributed by atoms with Gasteiger partial charge in [-0.2, -0.15) is 13.2 Å². The summed E-state index contributed by atoms with van der Waals surface area (Å²) in [4.78, 5) is 38.9. The zero-order chi connectivity index (χ0) is 22.3. The number of aromatic nitrogens is 2. The van der Waals surface area contributed by atoms with Gasteiger partial charge in [0, 0.05) is 24.4 Å². The van der Waals surface area contributed by atoms with Crippen LogP contribution < -0.4 is 11.2 Å². The lowest BCUT2D eigenvalue weighted by Gasteiger charge is -2.35. The summed E-state index contributed by atoms with van der Waals surface area (Å²) >= 11 is 0. The molecular formula is C20H21F3N2O5. The number of hydrogen-bond acceptors (Lipinski definition) is 5. The number of aromatic amines is 1. The van der Waals surface area contributed by atoms with Gasteiger partial charge >= 0.3 is 17.8 Å². The van der Waals surface area contributed by atoms with Crippen molar-refractivity contribution < 1.29 is 27.4 Å². The third kappa shape index (κ3) is 3.45. The average Bonchev–Trinajstić information content (AvgIpc) is 3.45. The van der Waals surface area contributed by atoms with Gasteiger partial charge < -0.3 is 9.47 Å². The minimum atomic E-state index is -5.09. The van der Waals surface area contributed by atoms with Gasteiger partial charge in [0.2, 0.25) is 0 Å². The Kier molecular flexibility index (Phi) is 5.40. The maximum absolute atomic E-state index is 14.1. The number of carbonyl (C=O) groups is 1. The summed E-state index contributed by atoms with van der Waals surface area (Å²) in [5, 5.41) is 0. The number of benzene rings is 1. The summed E-state index contributed by atoms with van der Waals surface area (Å²) in [5.74, 6) is -1.61. The van der Waals surface area contributed by atoms with Crippen molar-refractivity contribution in [2.75, 3.05) is 7.11 Å². The molecule has 1 aromatic carbocycles. The topological polar surface area (TPSA) is 90.4 Å². The number of H-pyrrole nitrogens is 1. The SMILES string of the molecule is CO[C@@](C(=O)OC1([C@@H](C)n2cc(C)c(=O)[nH]c2=O)CC1)(c1ccccc1)C(F)(F)F. The van der Waals surface area contributed by atoms with Crippen LogP contribution in [0, 0.1) is 6.92 Å². The molecule has 0 radical (unpaired) electrons. The fourth-order valence-electron chi connectivity index (χ4n) is 3.50. The van der Waals surface area contributed by atoms with E-state index < -0.39 is 46.2 Å². The maximum atomic E-state index is 14.1. The first kappa shape index (κ1) is 21.8. The first-order valence-electron chi connectivity index (χ1n) is 9.21. The Morgan fingerprint density at radius 3 is 2.30 bits per heavy atom. The summed E-state index contributed by atoms with van der Waals surface area (Å²) < 4.78 is 53.5. The lowest BCUT2D eigenvalue weighted by atomic mass is 9.92. The van der Waals surface area contributed by atoms with Crippen molar-refractivity contribution in [3.8, 4) is 0 Å². The quantitative estimate of drug-likeness (QED) is 0.717. The Hall–Kier alpha value is -2.88. The average molecular weight is 426 g/mol. The Balaban J connectivity index is 1.99. The van der Waals surface area contributed by atoms with Crippen molar-refractivity contribution in [3.05, 3.63) is 68.5 Å². The molecule has 1 N–H and O–H groups in total. The number of nitrogens with zero attached hydrogens (tertiary/aromatic N) is 1. The highest BCUT2D eigenvalue weighted by molar-refractivity contribution is 5.83. The number of ether oxygens (including phenoxy) is 2. The monoisotopic (exact) mass is 426 g/mol. The molecule has 30 heavy (non-hydrogen) atoms. The predicted octanol–water partition coefficient (Wildman–Crippen LogP) is 2.59. The van der Waals surface area contributed by atoms with E-state index in [9.17, 15) is 27.6 Å². The van der Waals surface area contributed by atoms with Crippen molar-refractivity contribution in [1.29, 1.82) is 0 Å². The molecule has 2 atom stereocenters. The molecule has 1 aromatic heterocycles. The number of rotatable bonds is 6. The minimum absolute atomic E-state index is 0.245. The number of carbonyl (C=O) groups excluding carboxylic acids is 1. The Morgan fingerprint density at radius 1 is 1.20 bits per heavy atom. The van der Waals surface area contributed by atoms with Gasteiger partial charge in [-0.3, -0.25) is 14.3 Å². The molecule has 162 valence electrons. The van der Waals surface area contributed by atoms with E-state index in [-0.39, 0.29) is 18.4 Å². The Bertz CT molecular complexity index is 1060. The first-order valence-corrected chi connectivity index (χ1v) is 9.21. The van der Waals surface area contributed by atoms with Crippen molar-refractivity contribution in [2.45, 2.75) is 50.1 Å². The molecule has 1 fully saturated rings. The molecule has 0 spiro atoms. The number of alkyl halides is 3. The minimum Gasteiger partial charge on any atom is -0.454 e. The molecule has 0 aliphatic heterocycles. The molecule has 1 aliphatic rings. The summed E-state index contributed by atoms with van der Waals surface area (Å²) in [6, 6.07) is 5.71. The predicted molar refractivity (Wildman–Crippen MR) is 100 cm³/mol. The molecule has 10 heteroatoms. The highest BCUT2D eigenvalue weighted by Crippen LogP contribution is 2.51. The maximum Gasteiger partial charge on any atom is 0.432 e. The molecule has 0 amide bonds. The lowest BCUT2D eigenvalue weighted by molar-refractivity contribution is -0.279. The van der Waals surface area contributed by atoms with Crippen LogP contribution in [-0.2, 0) is 19.9 Å². The Labute approximate surface area is 169 Å². The molecule has 0 unspecified atom stereocenters. The lowest BCUT2D eigenvalue weighted by Crippen LogP contribution is -2.53. The standard InChI is InChI=1S/C20H21F3N2O5/c1-12-11-25(17(28)24-15(12)26)13(2)18(9-10-18)30-16(27)19(29-3,20(21,22)23)14-7-5-4-6-8-14/h4-8,11,13H,9-10H2,1-3H3,(H,24,26,28)/t13-,19-/m1/s1. The first-order chi connectivity index (χ1) is 14.0. The van der Waals surface area contributed by atoms with Crippen LogP contribution in [-0.4, -0.2) is 34.4 Å². The van der Waals surface area contributed by atoms with Crippen LogP contribution in [0.4, 0.5) is 13.2 Å². The van der Waals surface area contributed by atoms with Gasteiger partial charge in [0.25, 0.3) is 11.2 Å². The number of esters is 1. The zero-order valence-corrected chi connectivity index (χ0v) is 16.6. The van der Waals surface area contributed by atoms with Crippen LogP contribution in [0.3, 0.4) is 0 Å². The molecular weight excluding hydrogens is 405 g/mol. The van der Waals surface area contributed by atoms with E-state index in [4.69, 9.17) is 9.47 Å². The second-order valence-electron chi connectivity index (χ2n) is 7.36. The number of hydrogen-bond donors (Lipinski definition) is 1. The zero-order valence-electron chi connectivity index (χ0n) is 16.6. The van der Waals surface area contributed by atoms with Gasteiger partial charge in [-0.1, -0.05) is 30.3 Å². The van der Waals surface area contributed by atoms with Crippen LogP contribution in [0.1, 0.15) is 36.9 Å². The van der Waals surface area contributed by atoms with Gasteiger partial charge in [-0.15, -0.1) is 0 Å². The van der Waals surface area contributed by atoms with E-state index in [2.05, 4.69) is 4.98 Å². The number of methoxy groups -OCH3 is 1.